The first-order chi connectivity index (χ1) is 8.06. The molecule has 1 aromatic heterocycles. The molecule has 2 rings (SSSR count). The standard InChI is InChI=1S/C11H6BrCl2FN2/c12-7-4-6(15)5-8(13)11(7)17-10-3-1-2-9(14)16-10/h1-5H,(H,16,17). The zero-order chi connectivity index (χ0) is 12.4. The molecule has 17 heavy (non-hydrogen) atoms. The van der Waals surface area contributed by atoms with E-state index in [9.17, 15) is 4.39 Å². The normalized spacial score (nSPS) is 10.4. The molecule has 0 radical (unpaired) electrons. The van der Waals surface area contributed by atoms with Crippen LogP contribution in [0.4, 0.5) is 15.9 Å². The Morgan fingerprint density at radius 1 is 1.24 bits per heavy atom. The van der Waals surface area contributed by atoms with Crippen LogP contribution in [0.5, 0.6) is 0 Å². The third kappa shape index (κ3) is 3.09. The minimum atomic E-state index is -0.411. The van der Waals surface area contributed by atoms with Crippen molar-refractivity contribution in [1.82, 2.24) is 4.98 Å². The maximum absolute atomic E-state index is 13.0. The lowest BCUT2D eigenvalue weighted by atomic mass is 10.3. The lowest BCUT2D eigenvalue weighted by molar-refractivity contribution is 0.627. The second-order valence-corrected chi connectivity index (χ2v) is 4.86. The fourth-order valence-electron chi connectivity index (χ4n) is 1.27. The van der Waals surface area contributed by atoms with Crippen LogP contribution in [0.2, 0.25) is 10.2 Å². The van der Waals surface area contributed by atoms with E-state index in [4.69, 9.17) is 23.2 Å². The third-order valence-corrected chi connectivity index (χ3v) is 3.11. The van der Waals surface area contributed by atoms with Gasteiger partial charge in [-0.05, 0) is 40.2 Å². The maximum atomic E-state index is 13.0. The molecule has 1 aromatic carbocycles. The van der Waals surface area contributed by atoms with Gasteiger partial charge in [0.15, 0.2) is 0 Å². The van der Waals surface area contributed by atoms with Crippen LogP contribution in [0.3, 0.4) is 0 Å². The molecule has 0 unspecified atom stereocenters. The average molecular weight is 336 g/mol. The highest BCUT2D eigenvalue weighted by Crippen LogP contribution is 2.33. The van der Waals surface area contributed by atoms with E-state index in [0.717, 1.165) is 0 Å². The lowest BCUT2D eigenvalue weighted by Gasteiger charge is -2.10. The predicted octanol–water partition coefficient (Wildman–Crippen LogP) is 5.03. The first kappa shape index (κ1) is 12.6. The van der Waals surface area contributed by atoms with E-state index in [2.05, 4.69) is 26.2 Å². The van der Waals surface area contributed by atoms with Crippen LogP contribution in [-0.2, 0) is 0 Å². The summed E-state index contributed by atoms with van der Waals surface area (Å²) in [6, 6.07) is 7.69. The summed E-state index contributed by atoms with van der Waals surface area (Å²) in [4.78, 5) is 4.05. The van der Waals surface area contributed by atoms with Crippen molar-refractivity contribution < 1.29 is 4.39 Å². The van der Waals surface area contributed by atoms with Gasteiger partial charge in [0.05, 0.1) is 10.7 Å². The second-order valence-electron chi connectivity index (χ2n) is 3.21. The highest BCUT2D eigenvalue weighted by atomic mass is 79.9. The van der Waals surface area contributed by atoms with Gasteiger partial charge in [0.2, 0.25) is 0 Å². The SMILES string of the molecule is Fc1cc(Cl)c(Nc2cccc(Cl)n2)c(Br)c1. The van der Waals surface area contributed by atoms with Gasteiger partial charge in [-0.3, -0.25) is 0 Å². The molecule has 0 amide bonds. The third-order valence-electron chi connectivity index (χ3n) is 1.98. The van der Waals surface area contributed by atoms with E-state index in [1.807, 2.05) is 0 Å². The zero-order valence-electron chi connectivity index (χ0n) is 8.35. The zero-order valence-corrected chi connectivity index (χ0v) is 11.4. The van der Waals surface area contributed by atoms with Crippen molar-refractivity contribution in [3.63, 3.8) is 0 Å². The highest BCUT2D eigenvalue weighted by molar-refractivity contribution is 9.10. The van der Waals surface area contributed by atoms with E-state index in [-0.39, 0.29) is 5.02 Å². The second kappa shape index (κ2) is 5.21. The summed E-state index contributed by atoms with van der Waals surface area (Å²) < 4.78 is 13.6. The number of halogens is 4. The summed E-state index contributed by atoms with van der Waals surface area (Å²) in [5.74, 6) is 0.123. The molecule has 0 saturated heterocycles. The topological polar surface area (TPSA) is 24.9 Å². The Bertz CT molecular complexity index is 540. The summed E-state index contributed by atoms with van der Waals surface area (Å²) in [5, 5.41) is 3.60. The lowest BCUT2D eigenvalue weighted by Crippen LogP contribution is -1.96. The van der Waals surface area contributed by atoms with Crippen molar-refractivity contribution in [2.75, 3.05) is 5.32 Å². The monoisotopic (exact) mass is 334 g/mol. The molecule has 2 nitrogen and oxygen atoms in total. The molecule has 0 bridgehead atoms. The van der Waals surface area contributed by atoms with E-state index < -0.39 is 5.82 Å². The van der Waals surface area contributed by atoms with Crippen molar-refractivity contribution in [3.05, 3.63) is 50.8 Å². The van der Waals surface area contributed by atoms with Gasteiger partial charge >= 0.3 is 0 Å². The quantitative estimate of drug-likeness (QED) is 0.778. The molecule has 1 N–H and O–H groups in total. The number of nitrogens with one attached hydrogen (secondary N) is 1. The smallest absolute Gasteiger partial charge is 0.132 e. The molecule has 0 atom stereocenters. The van der Waals surface area contributed by atoms with Crippen molar-refractivity contribution in [3.8, 4) is 0 Å². The molecule has 0 spiro atoms. The fraction of sp³-hybridized carbons (Fsp3) is 0. The Labute approximate surface area is 116 Å². The molecule has 1 heterocycles. The van der Waals surface area contributed by atoms with Crippen molar-refractivity contribution in [2.45, 2.75) is 0 Å². The summed E-state index contributed by atoms with van der Waals surface area (Å²) in [6.07, 6.45) is 0. The van der Waals surface area contributed by atoms with Gasteiger partial charge in [-0.25, -0.2) is 9.37 Å². The molecular formula is C11H6BrCl2FN2. The van der Waals surface area contributed by atoms with Crippen molar-refractivity contribution in [2.24, 2.45) is 0 Å². The van der Waals surface area contributed by atoms with Crippen LogP contribution in [0, 0.1) is 5.82 Å². The van der Waals surface area contributed by atoms with Crippen molar-refractivity contribution >= 4 is 50.6 Å². The molecule has 0 aliphatic heterocycles. The predicted molar refractivity (Wildman–Crippen MR) is 71.6 cm³/mol. The number of nitrogens with zero attached hydrogens (tertiary/aromatic N) is 1. The molecule has 0 aliphatic rings. The van der Waals surface area contributed by atoms with Gasteiger partial charge in [-0.15, -0.1) is 0 Å². The highest BCUT2D eigenvalue weighted by Gasteiger charge is 2.09. The van der Waals surface area contributed by atoms with E-state index in [0.29, 0.717) is 21.1 Å². The van der Waals surface area contributed by atoms with Gasteiger partial charge in [0, 0.05) is 4.47 Å². The van der Waals surface area contributed by atoms with E-state index in [1.165, 1.54) is 12.1 Å². The largest absolute Gasteiger partial charge is 0.338 e. The minimum absolute atomic E-state index is 0.263. The number of anilines is 2. The summed E-state index contributed by atoms with van der Waals surface area (Å²) in [7, 11) is 0. The van der Waals surface area contributed by atoms with Gasteiger partial charge in [0.25, 0.3) is 0 Å². The Hall–Kier alpha value is -0.840. The van der Waals surface area contributed by atoms with Gasteiger partial charge in [0.1, 0.15) is 16.8 Å². The van der Waals surface area contributed by atoms with Gasteiger partial charge in [-0.1, -0.05) is 29.3 Å². The van der Waals surface area contributed by atoms with Crippen LogP contribution < -0.4 is 5.32 Å². The van der Waals surface area contributed by atoms with Gasteiger partial charge < -0.3 is 5.32 Å². The van der Waals surface area contributed by atoms with Crippen LogP contribution in [0.15, 0.2) is 34.8 Å². The Morgan fingerprint density at radius 2 is 2.00 bits per heavy atom. The summed E-state index contributed by atoms with van der Waals surface area (Å²) >= 11 is 14.9. The number of benzene rings is 1. The molecule has 0 aliphatic carbocycles. The van der Waals surface area contributed by atoms with E-state index in [1.54, 1.807) is 18.2 Å². The van der Waals surface area contributed by atoms with Gasteiger partial charge in [-0.2, -0.15) is 0 Å². The first-order valence-electron chi connectivity index (χ1n) is 4.60. The molecule has 2 aromatic rings. The molecule has 88 valence electrons. The Morgan fingerprint density at radius 3 is 2.65 bits per heavy atom. The van der Waals surface area contributed by atoms with Crippen LogP contribution in [-0.4, -0.2) is 4.98 Å². The number of rotatable bonds is 2. The number of hydrogen-bond donors (Lipinski definition) is 1. The summed E-state index contributed by atoms with van der Waals surface area (Å²) in [5.41, 5.74) is 0.544. The maximum Gasteiger partial charge on any atom is 0.132 e. The molecular weight excluding hydrogens is 330 g/mol. The van der Waals surface area contributed by atoms with E-state index >= 15 is 0 Å². The Balaban J connectivity index is 2.36. The number of aromatic nitrogens is 1. The summed E-state index contributed by atoms with van der Waals surface area (Å²) in [6.45, 7) is 0. The first-order valence-corrected chi connectivity index (χ1v) is 6.15. The average Bonchev–Trinajstić information content (AvgIpc) is 2.23. The molecule has 0 fully saturated rings. The number of pyridine rings is 1. The van der Waals surface area contributed by atoms with Crippen molar-refractivity contribution in [1.29, 1.82) is 0 Å². The van der Waals surface area contributed by atoms with Crippen LogP contribution >= 0.6 is 39.1 Å². The van der Waals surface area contributed by atoms with Crippen LogP contribution in [0.25, 0.3) is 0 Å². The molecule has 6 heteroatoms. The molecule has 0 saturated carbocycles. The number of hydrogen-bond acceptors (Lipinski definition) is 2. The van der Waals surface area contributed by atoms with Crippen LogP contribution in [0.1, 0.15) is 0 Å². The fourth-order valence-corrected chi connectivity index (χ4v) is 2.33. The minimum Gasteiger partial charge on any atom is -0.338 e. The Kier molecular flexibility index (Phi) is 3.86.